The first-order chi connectivity index (χ1) is 8.22. The van der Waals surface area contributed by atoms with Crippen molar-refractivity contribution in [3.05, 3.63) is 24.0 Å². The fourth-order valence-corrected chi connectivity index (χ4v) is 2.01. The Labute approximate surface area is 101 Å². The number of nitrogens with one attached hydrogen (secondary N) is 1. The van der Waals surface area contributed by atoms with Gasteiger partial charge in [0.1, 0.15) is 5.75 Å². The molecule has 2 rings (SSSR count). The topological polar surface area (TPSA) is 54.5 Å². The van der Waals surface area contributed by atoms with E-state index in [1.807, 2.05) is 4.90 Å². The molecule has 5 nitrogen and oxygen atoms in total. The molecule has 5 heteroatoms. The number of hydrogen-bond donors (Lipinski definition) is 1. The Kier molecular flexibility index (Phi) is 3.58. The van der Waals surface area contributed by atoms with Gasteiger partial charge in [-0.25, -0.2) is 0 Å². The molecule has 1 aliphatic rings. The van der Waals surface area contributed by atoms with Crippen LogP contribution in [-0.4, -0.2) is 48.6 Å². The molecule has 17 heavy (non-hydrogen) atoms. The Morgan fingerprint density at radius 1 is 1.65 bits per heavy atom. The van der Waals surface area contributed by atoms with Crippen molar-refractivity contribution < 1.29 is 9.53 Å². The lowest BCUT2D eigenvalue weighted by atomic mass is 10.1. The highest BCUT2D eigenvalue weighted by Crippen LogP contribution is 2.18. The Morgan fingerprint density at radius 3 is 3.18 bits per heavy atom. The van der Waals surface area contributed by atoms with E-state index >= 15 is 0 Å². The number of piperazine rings is 1. The number of methoxy groups -OCH3 is 1. The minimum absolute atomic E-state index is 0.0117. The molecule has 0 bridgehead atoms. The molecule has 0 saturated carbocycles. The molecule has 0 spiro atoms. The SMILES string of the molecule is COc1cnccc1C(=O)N1CCN[C@@H](C)C1. The number of carbonyl (C=O) groups excluding carboxylic acids is 1. The summed E-state index contributed by atoms with van der Waals surface area (Å²) in [5.74, 6) is 0.543. The van der Waals surface area contributed by atoms with E-state index in [1.54, 1.807) is 25.6 Å². The molecule has 0 radical (unpaired) electrons. The van der Waals surface area contributed by atoms with Gasteiger partial charge in [0, 0.05) is 31.9 Å². The third-order valence-electron chi connectivity index (χ3n) is 2.89. The summed E-state index contributed by atoms with van der Waals surface area (Å²) in [4.78, 5) is 18.1. The first-order valence-corrected chi connectivity index (χ1v) is 5.73. The summed E-state index contributed by atoms with van der Waals surface area (Å²) in [6, 6.07) is 2.04. The highest BCUT2D eigenvalue weighted by atomic mass is 16.5. The highest BCUT2D eigenvalue weighted by molar-refractivity contribution is 5.96. The van der Waals surface area contributed by atoms with Crippen LogP contribution in [0, 0.1) is 0 Å². The van der Waals surface area contributed by atoms with Crippen LogP contribution in [0.2, 0.25) is 0 Å². The Balaban J connectivity index is 2.18. The number of rotatable bonds is 2. The minimum Gasteiger partial charge on any atom is -0.494 e. The van der Waals surface area contributed by atoms with Gasteiger partial charge in [0.25, 0.3) is 5.91 Å². The fraction of sp³-hybridized carbons (Fsp3) is 0.500. The van der Waals surface area contributed by atoms with Crippen molar-refractivity contribution in [3.8, 4) is 5.75 Å². The zero-order chi connectivity index (χ0) is 12.3. The molecule has 1 N–H and O–H groups in total. The lowest BCUT2D eigenvalue weighted by Gasteiger charge is -2.32. The normalized spacial score (nSPS) is 20.1. The van der Waals surface area contributed by atoms with Crippen LogP contribution in [0.4, 0.5) is 0 Å². The second-order valence-electron chi connectivity index (χ2n) is 4.18. The molecule has 1 saturated heterocycles. The van der Waals surface area contributed by atoms with E-state index in [2.05, 4.69) is 17.2 Å². The van der Waals surface area contributed by atoms with Crippen molar-refractivity contribution in [2.75, 3.05) is 26.7 Å². The number of nitrogens with zero attached hydrogens (tertiary/aromatic N) is 2. The van der Waals surface area contributed by atoms with Gasteiger partial charge in [-0.05, 0) is 13.0 Å². The molecule has 1 atom stereocenters. The van der Waals surface area contributed by atoms with Crippen LogP contribution in [0.5, 0.6) is 5.75 Å². The van der Waals surface area contributed by atoms with Gasteiger partial charge in [0.05, 0.1) is 18.9 Å². The second kappa shape index (κ2) is 5.14. The van der Waals surface area contributed by atoms with E-state index in [-0.39, 0.29) is 5.91 Å². The van der Waals surface area contributed by atoms with Crippen LogP contribution >= 0.6 is 0 Å². The molecule has 0 aromatic carbocycles. The summed E-state index contributed by atoms with van der Waals surface area (Å²) >= 11 is 0. The molecule has 1 aromatic heterocycles. The largest absolute Gasteiger partial charge is 0.494 e. The molecule has 1 amide bonds. The molecule has 0 aliphatic carbocycles. The average Bonchev–Trinajstić information content (AvgIpc) is 2.38. The molecule has 1 fully saturated rings. The van der Waals surface area contributed by atoms with Gasteiger partial charge in [0.2, 0.25) is 0 Å². The highest BCUT2D eigenvalue weighted by Gasteiger charge is 2.23. The summed E-state index contributed by atoms with van der Waals surface area (Å²) in [6.45, 7) is 4.36. The number of ether oxygens (including phenoxy) is 1. The number of hydrogen-bond acceptors (Lipinski definition) is 4. The van der Waals surface area contributed by atoms with Gasteiger partial charge >= 0.3 is 0 Å². The molecule has 2 heterocycles. The maximum Gasteiger partial charge on any atom is 0.257 e. The van der Waals surface area contributed by atoms with Gasteiger partial charge in [0.15, 0.2) is 0 Å². The van der Waals surface area contributed by atoms with Gasteiger partial charge in [-0.3, -0.25) is 9.78 Å². The standard InChI is InChI=1S/C12H17N3O2/c1-9-8-15(6-5-14-9)12(16)10-3-4-13-7-11(10)17-2/h3-4,7,9,14H,5-6,8H2,1-2H3/t9-/m0/s1. The number of amides is 1. The van der Waals surface area contributed by atoms with Crippen molar-refractivity contribution >= 4 is 5.91 Å². The summed E-state index contributed by atoms with van der Waals surface area (Å²) in [5.41, 5.74) is 0.580. The number of carbonyl (C=O) groups is 1. The number of aromatic nitrogens is 1. The third-order valence-corrected chi connectivity index (χ3v) is 2.89. The van der Waals surface area contributed by atoms with Crippen LogP contribution in [-0.2, 0) is 0 Å². The third kappa shape index (κ3) is 2.55. The summed E-state index contributed by atoms with van der Waals surface area (Å²) in [5, 5.41) is 3.31. The Morgan fingerprint density at radius 2 is 2.47 bits per heavy atom. The van der Waals surface area contributed by atoms with Crippen LogP contribution in [0.3, 0.4) is 0 Å². The maximum atomic E-state index is 12.3. The summed E-state index contributed by atoms with van der Waals surface area (Å²) in [6.07, 6.45) is 3.18. The lowest BCUT2D eigenvalue weighted by molar-refractivity contribution is 0.0705. The monoisotopic (exact) mass is 235 g/mol. The quantitative estimate of drug-likeness (QED) is 0.812. The van der Waals surface area contributed by atoms with Crippen molar-refractivity contribution in [2.45, 2.75) is 13.0 Å². The zero-order valence-corrected chi connectivity index (χ0v) is 10.1. The van der Waals surface area contributed by atoms with Crippen molar-refractivity contribution in [3.63, 3.8) is 0 Å². The fourth-order valence-electron chi connectivity index (χ4n) is 2.01. The van der Waals surface area contributed by atoms with E-state index in [9.17, 15) is 4.79 Å². The van der Waals surface area contributed by atoms with E-state index in [4.69, 9.17) is 4.74 Å². The van der Waals surface area contributed by atoms with E-state index in [0.29, 0.717) is 17.4 Å². The molecule has 1 aliphatic heterocycles. The smallest absolute Gasteiger partial charge is 0.257 e. The van der Waals surface area contributed by atoms with Crippen LogP contribution in [0.15, 0.2) is 18.5 Å². The second-order valence-corrected chi connectivity index (χ2v) is 4.18. The minimum atomic E-state index is 0.0117. The first-order valence-electron chi connectivity index (χ1n) is 5.73. The maximum absolute atomic E-state index is 12.3. The van der Waals surface area contributed by atoms with E-state index in [0.717, 1.165) is 19.6 Å². The molecule has 92 valence electrons. The summed E-state index contributed by atoms with van der Waals surface area (Å²) < 4.78 is 5.16. The van der Waals surface area contributed by atoms with Crippen LogP contribution in [0.1, 0.15) is 17.3 Å². The molecule has 0 unspecified atom stereocenters. The summed E-state index contributed by atoms with van der Waals surface area (Å²) in [7, 11) is 1.55. The predicted octanol–water partition coefficient (Wildman–Crippen LogP) is 0.524. The molecule has 1 aromatic rings. The number of pyridine rings is 1. The average molecular weight is 235 g/mol. The Hall–Kier alpha value is -1.62. The van der Waals surface area contributed by atoms with Crippen molar-refractivity contribution in [1.29, 1.82) is 0 Å². The van der Waals surface area contributed by atoms with Gasteiger partial charge in [-0.1, -0.05) is 0 Å². The molecular weight excluding hydrogens is 218 g/mol. The van der Waals surface area contributed by atoms with Crippen molar-refractivity contribution in [1.82, 2.24) is 15.2 Å². The van der Waals surface area contributed by atoms with Crippen molar-refractivity contribution in [2.24, 2.45) is 0 Å². The van der Waals surface area contributed by atoms with Crippen LogP contribution in [0.25, 0.3) is 0 Å². The van der Waals surface area contributed by atoms with Crippen LogP contribution < -0.4 is 10.1 Å². The van der Waals surface area contributed by atoms with E-state index in [1.165, 1.54) is 0 Å². The van der Waals surface area contributed by atoms with Gasteiger partial charge in [-0.15, -0.1) is 0 Å². The lowest BCUT2D eigenvalue weighted by Crippen LogP contribution is -2.51. The van der Waals surface area contributed by atoms with Gasteiger partial charge < -0.3 is 15.0 Å². The van der Waals surface area contributed by atoms with Gasteiger partial charge in [-0.2, -0.15) is 0 Å². The zero-order valence-electron chi connectivity index (χ0n) is 10.1. The molecular formula is C12H17N3O2. The first kappa shape index (κ1) is 11.9. The Bertz CT molecular complexity index is 408. The predicted molar refractivity (Wildman–Crippen MR) is 64.2 cm³/mol. The van der Waals surface area contributed by atoms with E-state index < -0.39 is 0 Å².